The van der Waals surface area contributed by atoms with Gasteiger partial charge in [0, 0.05) is 42.5 Å². The van der Waals surface area contributed by atoms with E-state index in [0.29, 0.717) is 18.8 Å². The number of nitrogens with one attached hydrogen (secondary N) is 1. The summed E-state index contributed by atoms with van der Waals surface area (Å²) in [6, 6.07) is 11.0. The molecule has 1 fully saturated rings. The van der Waals surface area contributed by atoms with E-state index in [-0.39, 0.29) is 17.9 Å². The van der Waals surface area contributed by atoms with E-state index in [1.807, 2.05) is 18.5 Å². The highest BCUT2D eigenvalue weighted by atomic mass is 19.4. The van der Waals surface area contributed by atoms with Crippen LogP contribution in [-0.4, -0.2) is 47.2 Å². The minimum Gasteiger partial charge on any atom is -0.406 e. The summed E-state index contributed by atoms with van der Waals surface area (Å²) in [5.41, 5.74) is 3.53. The number of ether oxygens (including phenoxy) is 2. The molecule has 7 nitrogen and oxygen atoms in total. The van der Waals surface area contributed by atoms with Crippen molar-refractivity contribution in [3.8, 4) is 16.9 Å². The van der Waals surface area contributed by atoms with Crippen molar-refractivity contribution >= 4 is 16.7 Å². The Morgan fingerprint density at radius 3 is 2.71 bits per heavy atom. The number of alkyl halides is 3. The summed E-state index contributed by atoms with van der Waals surface area (Å²) in [5.74, 6) is -0.322. The maximum absolute atomic E-state index is 12.8. The molecule has 34 heavy (non-hydrogen) atoms. The quantitative estimate of drug-likeness (QED) is 0.474. The molecule has 4 aromatic rings. The van der Waals surface area contributed by atoms with E-state index in [1.165, 1.54) is 28.8 Å². The lowest BCUT2D eigenvalue weighted by Gasteiger charge is -2.28. The van der Waals surface area contributed by atoms with E-state index in [4.69, 9.17) is 4.74 Å². The molecule has 1 aliphatic heterocycles. The Morgan fingerprint density at radius 1 is 1.12 bits per heavy atom. The molecule has 5 rings (SSSR count). The second-order valence-electron chi connectivity index (χ2n) is 7.97. The van der Waals surface area contributed by atoms with E-state index >= 15 is 0 Å². The van der Waals surface area contributed by atoms with E-state index in [2.05, 4.69) is 25.7 Å². The average Bonchev–Trinajstić information content (AvgIpc) is 3.23. The highest BCUT2D eigenvalue weighted by molar-refractivity contribution is 5.95. The molecule has 3 aromatic heterocycles. The summed E-state index contributed by atoms with van der Waals surface area (Å²) in [5, 5.41) is 0.901. The number of aromatic nitrogens is 3. The molecule has 0 spiro atoms. The standard InChI is InChI=1S/C24H21F3N4O3/c25-24(26,27)34-19-3-1-2-16(10-19)15-31-5-4-17(11-22(31)32)21-14-29-23-20(21)12-18(13-28-23)30-6-8-33-9-7-30/h1-5,10-14H,6-9,15H2,(H,28,29). The topological polar surface area (TPSA) is 72.4 Å². The summed E-state index contributed by atoms with van der Waals surface area (Å²) in [7, 11) is 0. The van der Waals surface area contributed by atoms with Gasteiger partial charge in [0.25, 0.3) is 5.56 Å². The number of benzene rings is 1. The van der Waals surface area contributed by atoms with Gasteiger partial charge in [0.1, 0.15) is 11.4 Å². The first kappa shape index (κ1) is 22.0. The molecule has 1 N–H and O–H groups in total. The summed E-state index contributed by atoms with van der Waals surface area (Å²) in [6.45, 7) is 3.03. The lowest BCUT2D eigenvalue weighted by atomic mass is 10.1. The number of fused-ring (bicyclic) bond motifs is 1. The van der Waals surface area contributed by atoms with Gasteiger partial charge in [-0.05, 0) is 35.4 Å². The Kier molecular flexibility index (Phi) is 5.74. The van der Waals surface area contributed by atoms with Crippen LogP contribution in [-0.2, 0) is 11.3 Å². The van der Waals surface area contributed by atoms with E-state index in [0.717, 1.165) is 40.9 Å². The molecular formula is C24H21F3N4O3. The third-order valence-corrected chi connectivity index (χ3v) is 5.68. The Bertz CT molecular complexity index is 1370. The van der Waals surface area contributed by atoms with Crippen molar-refractivity contribution in [3.63, 3.8) is 0 Å². The van der Waals surface area contributed by atoms with Crippen LogP contribution < -0.4 is 15.2 Å². The summed E-state index contributed by atoms with van der Waals surface area (Å²) < 4.78 is 48.3. The minimum atomic E-state index is -4.77. The van der Waals surface area contributed by atoms with Crippen molar-refractivity contribution in [2.45, 2.75) is 12.9 Å². The fraction of sp³-hybridized carbons (Fsp3) is 0.250. The van der Waals surface area contributed by atoms with E-state index < -0.39 is 6.36 Å². The second kappa shape index (κ2) is 8.86. The average molecular weight is 470 g/mol. The van der Waals surface area contributed by atoms with Gasteiger partial charge in [-0.15, -0.1) is 13.2 Å². The first-order valence-corrected chi connectivity index (χ1v) is 10.7. The van der Waals surface area contributed by atoms with Gasteiger partial charge in [0.15, 0.2) is 0 Å². The highest BCUT2D eigenvalue weighted by Crippen LogP contribution is 2.30. The van der Waals surface area contributed by atoms with Gasteiger partial charge in [0.05, 0.1) is 31.6 Å². The summed E-state index contributed by atoms with van der Waals surface area (Å²) >= 11 is 0. The predicted octanol–water partition coefficient (Wildman–Crippen LogP) is 4.18. The molecule has 176 valence electrons. The largest absolute Gasteiger partial charge is 0.573 e. The van der Waals surface area contributed by atoms with Crippen LogP contribution in [0.2, 0.25) is 0 Å². The number of halogens is 3. The number of H-pyrrole nitrogens is 1. The molecule has 0 radical (unpaired) electrons. The third kappa shape index (κ3) is 4.76. The smallest absolute Gasteiger partial charge is 0.406 e. The maximum Gasteiger partial charge on any atom is 0.573 e. The van der Waals surface area contributed by atoms with Crippen molar-refractivity contribution in [2.24, 2.45) is 0 Å². The molecular weight excluding hydrogens is 449 g/mol. The molecule has 10 heteroatoms. The molecule has 0 saturated carbocycles. The van der Waals surface area contributed by atoms with Gasteiger partial charge < -0.3 is 23.9 Å². The van der Waals surface area contributed by atoms with Gasteiger partial charge in [-0.25, -0.2) is 4.98 Å². The molecule has 4 heterocycles. The molecule has 0 amide bonds. The van der Waals surface area contributed by atoms with Crippen LogP contribution >= 0.6 is 0 Å². The fourth-order valence-corrected chi connectivity index (χ4v) is 4.07. The van der Waals surface area contributed by atoms with Crippen molar-refractivity contribution < 1.29 is 22.6 Å². The van der Waals surface area contributed by atoms with Crippen LogP contribution in [0.1, 0.15) is 5.56 Å². The number of pyridine rings is 2. The molecule has 0 aliphatic carbocycles. The van der Waals surface area contributed by atoms with Gasteiger partial charge in [-0.2, -0.15) is 0 Å². The number of anilines is 1. The molecule has 0 bridgehead atoms. The van der Waals surface area contributed by atoms with Crippen LogP contribution in [0, 0.1) is 0 Å². The van der Waals surface area contributed by atoms with Crippen LogP contribution in [0.5, 0.6) is 5.75 Å². The molecule has 0 atom stereocenters. The van der Waals surface area contributed by atoms with Crippen molar-refractivity contribution in [3.05, 3.63) is 77.0 Å². The predicted molar refractivity (Wildman–Crippen MR) is 121 cm³/mol. The Balaban J connectivity index is 1.41. The zero-order chi connectivity index (χ0) is 23.7. The van der Waals surface area contributed by atoms with Crippen LogP contribution in [0.3, 0.4) is 0 Å². The van der Waals surface area contributed by atoms with Gasteiger partial charge in [-0.3, -0.25) is 4.79 Å². The number of hydrogen-bond acceptors (Lipinski definition) is 5. The Morgan fingerprint density at radius 2 is 1.94 bits per heavy atom. The number of nitrogens with zero attached hydrogens (tertiary/aromatic N) is 3. The van der Waals surface area contributed by atoms with E-state index in [1.54, 1.807) is 12.3 Å². The monoisotopic (exact) mass is 470 g/mol. The second-order valence-corrected chi connectivity index (χ2v) is 7.97. The molecule has 0 unspecified atom stereocenters. The third-order valence-electron chi connectivity index (χ3n) is 5.68. The number of rotatable bonds is 5. The first-order chi connectivity index (χ1) is 16.4. The lowest BCUT2D eigenvalue weighted by Crippen LogP contribution is -2.36. The van der Waals surface area contributed by atoms with Crippen LogP contribution in [0.25, 0.3) is 22.2 Å². The van der Waals surface area contributed by atoms with Crippen molar-refractivity contribution in [2.75, 3.05) is 31.2 Å². The van der Waals surface area contributed by atoms with Crippen molar-refractivity contribution in [1.29, 1.82) is 0 Å². The number of morpholine rings is 1. The first-order valence-electron chi connectivity index (χ1n) is 10.7. The SMILES string of the molecule is O=c1cc(-c2c[nH]c3ncc(N4CCOCC4)cc23)ccn1Cc1cccc(OC(F)(F)F)c1. The molecule has 1 aliphatic rings. The normalized spacial score (nSPS) is 14.5. The van der Waals surface area contributed by atoms with Gasteiger partial charge in [0.2, 0.25) is 0 Å². The van der Waals surface area contributed by atoms with Gasteiger partial charge >= 0.3 is 6.36 Å². The Hall–Kier alpha value is -3.79. The fourth-order valence-electron chi connectivity index (χ4n) is 4.07. The number of aromatic amines is 1. The van der Waals surface area contributed by atoms with Crippen molar-refractivity contribution in [1.82, 2.24) is 14.5 Å². The number of hydrogen-bond donors (Lipinski definition) is 1. The lowest BCUT2D eigenvalue weighted by molar-refractivity contribution is -0.274. The van der Waals surface area contributed by atoms with E-state index in [9.17, 15) is 18.0 Å². The minimum absolute atomic E-state index is 0.116. The zero-order valence-corrected chi connectivity index (χ0v) is 18.0. The highest BCUT2D eigenvalue weighted by Gasteiger charge is 2.31. The summed E-state index contributed by atoms with van der Waals surface area (Å²) in [6.07, 6.45) is 0.500. The van der Waals surface area contributed by atoms with Gasteiger partial charge in [-0.1, -0.05) is 12.1 Å². The van der Waals surface area contributed by atoms with Crippen LogP contribution in [0.15, 0.2) is 65.8 Å². The Labute approximate surface area is 192 Å². The maximum atomic E-state index is 12.8. The zero-order valence-electron chi connectivity index (χ0n) is 18.0. The molecule has 1 saturated heterocycles. The molecule has 1 aromatic carbocycles. The van der Waals surface area contributed by atoms with Crippen LogP contribution in [0.4, 0.5) is 18.9 Å². The summed E-state index contributed by atoms with van der Waals surface area (Å²) in [4.78, 5) is 22.7.